The average Bonchev–Trinajstić information content (AvgIpc) is 2.52. The van der Waals surface area contributed by atoms with E-state index in [1.807, 2.05) is 0 Å². The molecule has 1 aliphatic heterocycles. The maximum Gasteiger partial charge on any atom is 0.415 e. The average molecular weight is 214 g/mol. The summed E-state index contributed by atoms with van der Waals surface area (Å²) in [5.41, 5.74) is 5.39. The molecule has 0 radical (unpaired) electrons. The van der Waals surface area contributed by atoms with E-state index in [2.05, 4.69) is 20.4 Å². The summed E-state index contributed by atoms with van der Waals surface area (Å²) in [7, 11) is 1.58. The summed E-state index contributed by atoms with van der Waals surface area (Å²) in [6, 6.07) is -0.529. The van der Waals surface area contributed by atoms with Crippen LogP contribution in [0.25, 0.3) is 0 Å². The first-order valence-corrected chi connectivity index (χ1v) is 4.62. The van der Waals surface area contributed by atoms with Crippen LogP contribution in [0.2, 0.25) is 0 Å². The molecule has 0 aliphatic carbocycles. The Morgan fingerprint density at radius 1 is 1.67 bits per heavy atom. The summed E-state index contributed by atoms with van der Waals surface area (Å²) in [5.74, 6) is -0.162. The highest BCUT2D eigenvalue weighted by atomic mass is 16.6. The quantitative estimate of drug-likeness (QED) is 0.182. The molecular weight excluding hydrogens is 200 g/mol. The number of hydrogen-bond acceptors (Lipinski definition) is 4. The molecular formula is C8H14N4O3. The summed E-state index contributed by atoms with van der Waals surface area (Å²) in [4.78, 5) is 25.3. The molecule has 1 atom stereocenters. The minimum atomic E-state index is -0.674. The van der Waals surface area contributed by atoms with Gasteiger partial charge in [0.1, 0.15) is 6.04 Å². The molecule has 0 aromatic carbocycles. The number of rotatable bonds is 4. The SMILES string of the molecule is CN=C(N)NCCC[C@@H]1NC(=O)OC1=O. The second-order valence-electron chi connectivity index (χ2n) is 3.08. The summed E-state index contributed by atoms with van der Waals surface area (Å²) >= 11 is 0. The van der Waals surface area contributed by atoms with Crippen LogP contribution in [0, 0.1) is 0 Å². The number of esters is 1. The number of nitrogens with zero attached hydrogens (tertiary/aromatic N) is 1. The number of aliphatic imine (C=N–C) groups is 1. The van der Waals surface area contributed by atoms with Crippen LogP contribution in [0.3, 0.4) is 0 Å². The summed E-state index contributed by atoms with van der Waals surface area (Å²) in [5, 5.41) is 5.25. The van der Waals surface area contributed by atoms with E-state index in [9.17, 15) is 9.59 Å². The third kappa shape index (κ3) is 3.45. The van der Waals surface area contributed by atoms with Crippen molar-refractivity contribution in [3.8, 4) is 0 Å². The number of nitrogens with one attached hydrogen (secondary N) is 2. The van der Waals surface area contributed by atoms with Gasteiger partial charge in [0.15, 0.2) is 5.96 Å². The van der Waals surface area contributed by atoms with Gasteiger partial charge in [-0.05, 0) is 12.8 Å². The first-order valence-electron chi connectivity index (χ1n) is 4.62. The second kappa shape index (κ2) is 5.18. The fourth-order valence-electron chi connectivity index (χ4n) is 1.18. The number of carbonyl (C=O) groups excluding carboxylic acids is 2. The molecule has 1 fully saturated rings. The lowest BCUT2D eigenvalue weighted by Gasteiger charge is -2.06. The first-order chi connectivity index (χ1) is 7.13. The molecule has 0 unspecified atom stereocenters. The number of hydrogen-bond donors (Lipinski definition) is 3. The number of alkyl carbamates (subject to hydrolysis) is 1. The number of ether oxygens (including phenoxy) is 1. The fourth-order valence-corrected chi connectivity index (χ4v) is 1.18. The normalized spacial score (nSPS) is 21.1. The lowest BCUT2D eigenvalue weighted by Crippen LogP contribution is -2.34. The Labute approximate surface area is 87.1 Å². The van der Waals surface area contributed by atoms with Crippen LogP contribution in [0.15, 0.2) is 4.99 Å². The molecule has 0 bridgehead atoms. The Bertz CT molecular complexity index is 290. The molecule has 1 rings (SSSR count). The zero-order valence-corrected chi connectivity index (χ0v) is 8.45. The molecule has 0 aromatic rings. The number of carbonyl (C=O) groups is 2. The topological polar surface area (TPSA) is 106 Å². The largest absolute Gasteiger partial charge is 0.415 e. The van der Waals surface area contributed by atoms with Crippen molar-refractivity contribution in [1.82, 2.24) is 10.6 Å². The Morgan fingerprint density at radius 2 is 2.40 bits per heavy atom. The maximum atomic E-state index is 11.0. The van der Waals surface area contributed by atoms with Gasteiger partial charge in [0.05, 0.1) is 0 Å². The molecule has 1 saturated heterocycles. The molecule has 7 heteroatoms. The minimum absolute atomic E-state index is 0.355. The number of amides is 1. The summed E-state index contributed by atoms with van der Waals surface area (Å²) in [6.45, 7) is 0.600. The molecule has 0 spiro atoms. The van der Waals surface area contributed by atoms with Gasteiger partial charge < -0.3 is 21.1 Å². The van der Waals surface area contributed by atoms with Crippen molar-refractivity contribution in [2.75, 3.05) is 13.6 Å². The van der Waals surface area contributed by atoms with Gasteiger partial charge >= 0.3 is 12.1 Å². The highest BCUT2D eigenvalue weighted by Crippen LogP contribution is 2.05. The van der Waals surface area contributed by atoms with Gasteiger partial charge in [0, 0.05) is 13.6 Å². The predicted molar refractivity (Wildman–Crippen MR) is 53.2 cm³/mol. The van der Waals surface area contributed by atoms with Crippen molar-refractivity contribution >= 4 is 18.0 Å². The maximum absolute atomic E-state index is 11.0. The van der Waals surface area contributed by atoms with E-state index >= 15 is 0 Å². The van der Waals surface area contributed by atoms with E-state index in [1.54, 1.807) is 7.05 Å². The standard InChI is InChI=1S/C8H14N4O3/c1-10-7(9)11-4-2-3-5-6(13)15-8(14)12-5/h5H,2-4H2,1H3,(H,12,14)(H3,9,10,11)/t5-/m0/s1. The van der Waals surface area contributed by atoms with E-state index < -0.39 is 18.1 Å². The molecule has 84 valence electrons. The zero-order valence-electron chi connectivity index (χ0n) is 8.45. The Kier molecular flexibility index (Phi) is 3.90. The number of nitrogens with two attached hydrogens (primary N) is 1. The minimum Gasteiger partial charge on any atom is -0.375 e. The van der Waals surface area contributed by atoms with Crippen molar-refractivity contribution in [2.45, 2.75) is 18.9 Å². The number of guanidine groups is 1. The van der Waals surface area contributed by atoms with Gasteiger partial charge in [-0.25, -0.2) is 9.59 Å². The third-order valence-electron chi connectivity index (χ3n) is 1.99. The van der Waals surface area contributed by atoms with E-state index in [4.69, 9.17) is 5.73 Å². The van der Waals surface area contributed by atoms with E-state index in [1.165, 1.54) is 0 Å². The molecule has 1 aliphatic rings. The van der Waals surface area contributed by atoms with Crippen molar-refractivity contribution in [3.05, 3.63) is 0 Å². The van der Waals surface area contributed by atoms with Crippen LogP contribution >= 0.6 is 0 Å². The number of cyclic esters (lactones) is 2. The second-order valence-corrected chi connectivity index (χ2v) is 3.08. The van der Waals surface area contributed by atoms with Gasteiger partial charge in [-0.1, -0.05) is 0 Å². The molecule has 7 nitrogen and oxygen atoms in total. The molecule has 1 amide bonds. The molecule has 1 heterocycles. The first kappa shape index (κ1) is 11.3. The van der Waals surface area contributed by atoms with E-state index in [0.29, 0.717) is 25.3 Å². The highest BCUT2D eigenvalue weighted by molar-refractivity contribution is 5.95. The fraction of sp³-hybridized carbons (Fsp3) is 0.625. The van der Waals surface area contributed by atoms with Crippen molar-refractivity contribution < 1.29 is 14.3 Å². The lowest BCUT2D eigenvalue weighted by molar-refractivity contribution is -0.135. The highest BCUT2D eigenvalue weighted by Gasteiger charge is 2.31. The van der Waals surface area contributed by atoms with Crippen LogP contribution in [-0.4, -0.2) is 37.7 Å². The Morgan fingerprint density at radius 3 is 2.93 bits per heavy atom. The molecule has 0 saturated carbocycles. The molecule has 15 heavy (non-hydrogen) atoms. The smallest absolute Gasteiger partial charge is 0.375 e. The summed E-state index contributed by atoms with van der Waals surface area (Å²) in [6.07, 6.45) is 0.540. The Hall–Kier alpha value is -1.79. The van der Waals surface area contributed by atoms with Crippen molar-refractivity contribution in [2.24, 2.45) is 10.7 Å². The van der Waals surface area contributed by atoms with Gasteiger partial charge in [-0.3, -0.25) is 4.99 Å². The van der Waals surface area contributed by atoms with Gasteiger partial charge in [0.25, 0.3) is 0 Å². The van der Waals surface area contributed by atoms with Crippen molar-refractivity contribution in [3.63, 3.8) is 0 Å². The van der Waals surface area contributed by atoms with Crippen LogP contribution in [-0.2, 0) is 9.53 Å². The predicted octanol–water partition coefficient (Wildman–Crippen LogP) is -1.06. The third-order valence-corrected chi connectivity index (χ3v) is 1.99. The summed E-state index contributed by atoms with van der Waals surface area (Å²) < 4.78 is 4.32. The zero-order chi connectivity index (χ0) is 11.3. The van der Waals surface area contributed by atoms with E-state index in [0.717, 1.165) is 0 Å². The monoisotopic (exact) mass is 214 g/mol. The molecule has 4 N–H and O–H groups in total. The van der Waals surface area contributed by atoms with Gasteiger partial charge in [0.2, 0.25) is 0 Å². The Balaban J connectivity index is 2.15. The van der Waals surface area contributed by atoms with Crippen LogP contribution in [0.1, 0.15) is 12.8 Å². The van der Waals surface area contributed by atoms with Crippen LogP contribution in [0.4, 0.5) is 4.79 Å². The van der Waals surface area contributed by atoms with E-state index in [-0.39, 0.29) is 0 Å². The van der Waals surface area contributed by atoms with Crippen LogP contribution in [0.5, 0.6) is 0 Å². The van der Waals surface area contributed by atoms with Crippen LogP contribution < -0.4 is 16.4 Å². The van der Waals surface area contributed by atoms with Crippen molar-refractivity contribution in [1.29, 1.82) is 0 Å². The molecule has 0 aromatic heterocycles. The van der Waals surface area contributed by atoms with Gasteiger partial charge in [-0.2, -0.15) is 0 Å². The van der Waals surface area contributed by atoms with Gasteiger partial charge in [-0.15, -0.1) is 0 Å². The lowest BCUT2D eigenvalue weighted by atomic mass is 10.2.